The zero-order valence-electron chi connectivity index (χ0n) is 15.7. The summed E-state index contributed by atoms with van der Waals surface area (Å²) in [4.78, 5) is 37.6. The summed E-state index contributed by atoms with van der Waals surface area (Å²) in [5.41, 5.74) is 0.202. The van der Waals surface area contributed by atoms with Crippen LogP contribution < -0.4 is 16.1 Å². The van der Waals surface area contributed by atoms with E-state index in [1.165, 1.54) is 12.4 Å². The van der Waals surface area contributed by atoms with E-state index in [9.17, 15) is 14.4 Å². The molecule has 0 aliphatic heterocycles. The lowest BCUT2D eigenvalue weighted by atomic mass is 10.1. The number of hydrogen-bond acceptors (Lipinski definition) is 3. The Morgan fingerprint density at radius 3 is 2.11 bits per heavy atom. The number of halogens is 1. The highest BCUT2D eigenvalue weighted by Gasteiger charge is 2.20. The lowest BCUT2D eigenvalue weighted by molar-refractivity contribution is 0.0948. The second kappa shape index (κ2) is 9.37. The van der Waals surface area contributed by atoms with Gasteiger partial charge in [0.05, 0.1) is 0 Å². The van der Waals surface area contributed by atoms with Gasteiger partial charge in [-0.3, -0.25) is 14.4 Å². The molecule has 2 aromatic rings. The third-order valence-electron chi connectivity index (χ3n) is 4.34. The first-order chi connectivity index (χ1) is 12.9. The lowest BCUT2D eigenvalue weighted by Gasteiger charge is -2.17. The van der Waals surface area contributed by atoms with Gasteiger partial charge in [-0.1, -0.05) is 30.7 Å². The van der Waals surface area contributed by atoms with Crippen molar-refractivity contribution in [1.82, 2.24) is 15.2 Å². The summed E-state index contributed by atoms with van der Waals surface area (Å²) >= 11 is 5.86. The van der Waals surface area contributed by atoms with Crippen molar-refractivity contribution in [3.05, 3.63) is 68.6 Å². The standard InChI is InChI=1S/C20H24ClN3O3/c1-4-13(3)24-11-16(19(26)22-5-2)18(25)17(12-24)20(27)23-10-14-6-8-15(21)9-7-14/h6-9,11-13H,4-5,10H2,1-3H3,(H,22,26)(H,23,27). The van der Waals surface area contributed by atoms with Gasteiger partial charge in [0.1, 0.15) is 11.1 Å². The molecule has 1 heterocycles. The minimum Gasteiger partial charge on any atom is -0.352 e. The van der Waals surface area contributed by atoms with Crippen LogP contribution in [0.25, 0.3) is 0 Å². The molecule has 1 aromatic heterocycles. The van der Waals surface area contributed by atoms with Crippen molar-refractivity contribution in [2.45, 2.75) is 39.8 Å². The van der Waals surface area contributed by atoms with Gasteiger partial charge >= 0.3 is 0 Å². The van der Waals surface area contributed by atoms with Crippen LogP contribution in [0.15, 0.2) is 41.5 Å². The molecule has 0 saturated carbocycles. The quantitative estimate of drug-likeness (QED) is 0.763. The minimum absolute atomic E-state index is 0.0312. The van der Waals surface area contributed by atoms with Crippen LogP contribution in [0.2, 0.25) is 5.02 Å². The molecule has 27 heavy (non-hydrogen) atoms. The molecule has 0 radical (unpaired) electrons. The Labute approximate surface area is 163 Å². The fourth-order valence-electron chi connectivity index (χ4n) is 2.52. The van der Waals surface area contributed by atoms with Gasteiger partial charge in [-0.05, 0) is 38.0 Å². The average molecular weight is 390 g/mol. The molecule has 2 rings (SSSR count). The number of carbonyl (C=O) groups is 2. The molecule has 1 aromatic carbocycles. The van der Waals surface area contributed by atoms with Crippen LogP contribution in [0.3, 0.4) is 0 Å². The molecule has 0 bridgehead atoms. The molecular formula is C20H24ClN3O3. The lowest BCUT2D eigenvalue weighted by Crippen LogP contribution is -2.35. The third-order valence-corrected chi connectivity index (χ3v) is 4.59. The van der Waals surface area contributed by atoms with Crippen LogP contribution in [-0.2, 0) is 6.54 Å². The summed E-state index contributed by atoms with van der Waals surface area (Å²) < 4.78 is 1.74. The highest BCUT2D eigenvalue weighted by Crippen LogP contribution is 2.12. The number of nitrogens with zero attached hydrogens (tertiary/aromatic N) is 1. The SMILES string of the molecule is CCNC(=O)c1cn(C(C)CC)cc(C(=O)NCc2ccc(Cl)cc2)c1=O. The van der Waals surface area contributed by atoms with E-state index in [1.54, 1.807) is 35.8 Å². The maximum absolute atomic E-state index is 12.7. The average Bonchev–Trinajstić information content (AvgIpc) is 2.67. The molecule has 2 amide bonds. The Hall–Kier alpha value is -2.60. The normalized spacial score (nSPS) is 11.7. The van der Waals surface area contributed by atoms with Gasteiger partial charge < -0.3 is 15.2 Å². The highest BCUT2D eigenvalue weighted by molar-refractivity contribution is 6.30. The summed E-state index contributed by atoms with van der Waals surface area (Å²) in [7, 11) is 0. The van der Waals surface area contributed by atoms with Crippen molar-refractivity contribution in [2.75, 3.05) is 6.54 Å². The smallest absolute Gasteiger partial charge is 0.257 e. The molecular weight excluding hydrogens is 366 g/mol. The van der Waals surface area contributed by atoms with Crippen LogP contribution >= 0.6 is 11.6 Å². The molecule has 0 aliphatic carbocycles. The van der Waals surface area contributed by atoms with Crippen LogP contribution in [0.5, 0.6) is 0 Å². The second-order valence-electron chi connectivity index (χ2n) is 6.29. The fraction of sp³-hybridized carbons (Fsp3) is 0.350. The van der Waals surface area contributed by atoms with Crippen molar-refractivity contribution in [3.8, 4) is 0 Å². The molecule has 6 nitrogen and oxygen atoms in total. The first-order valence-electron chi connectivity index (χ1n) is 8.94. The number of benzene rings is 1. The Morgan fingerprint density at radius 1 is 1.04 bits per heavy atom. The molecule has 1 atom stereocenters. The number of pyridine rings is 1. The Morgan fingerprint density at radius 2 is 1.59 bits per heavy atom. The molecule has 1 unspecified atom stereocenters. The monoisotopic (exact) mass is 389 g/mol. The van der Waals surface area contributed by atoms with Gasteiger partial charge in [-0.2, -0.15) is 0 Å². The van der Waals surface area contributed by atoms with Crippen molar-refractivity contribution >= 4 is 23.4 Å². The summed E-state index contributed by atoms with van der Waals surface area (Å²) in [6.45, 7) is 6.38. The largest absolute Gasteiger partial charge is 0.352 e. The van der Waals surface area contributed by atoms with Gasteiger partial charge in [0.25, 0.3) is 11.8 Å². The summed E-state index contributed by atoms with van der Waals surface area (Å²) in [5.74, 6) is -0.995. The van der Waals surface area contributed by atoms with E-state index in [-0.39, 0.29) is 23.7 Å². The molecule has 0 fully saturated rings. The molecule has 0 spiro atoms. The maximum Gasteiger partial charge on any atom is 0.257 e. The first kappa shape index (κ1) is 20.7. The van der Waals surface area contributed by atoms with Gasteiger partial charge in [0, 0.05) is 36.5 Å². The van der Waals surface area contributed by atoms with Crippen LogP contribution in [0.1, 0.15) is 59.5 Å². The van der Waals surface area contributed by atoms with Crippen LogP contribution in [0.4, 0.5) is 0 Å². The van der Waals surface area contributed by atoms with Crippen molar-refractivity contribution < 1.29 is 9.59 Å². The molecule has 0 saturated heterocycles. The third kappa shape index (κ3) is 5.20. The number of carbonyl (C=O) groups excluding carboxylic acids is 2. The van der Waals surface area contributed by atoms with E-state index in [4.69, 9.17) is 11.6 Å². The Balaban J connectivity index is 2.33. The van der Waals surface area contributed by atoms with Crippen LogP contribution in [0, 0.1) is 0 Å². The zero-order valence-corrected chi connectivity index (χ0v) is 16.5. The van der Waals surface area contributed by atoms with E-state index < -0.39 is 17.2 Å². The second-order valence-corrected chi connectivity index (χ2v) is 6.72. The van der Waals surface area contributed by atoms with E-state index in [0.29, 0.717) is 11.6 Å². The number of amides is 2. The summed E-state index contributed by atoms with van der Waals surface area (Å²) in [5, 5.41) is 5.96. The van der Waals surface area contributed by atoms with E-state index in [0.717, 1.165) is 12.0 Å². The van der Waals surface area contributed by atoms with Gasteiger partial charge in [-0.25, -0.2) is 0 Å². The van der Waals surface area contributed by atoms with E-state index in [2.05, 4.69) is 10.6 Å². The number of hydrogen-bond donors (Lipinski definition) is 2. The highest BCUT2D eigenvalue weighted by atomic mass is 35.5. The number of nitrogens with one attached hydrogen (secondary N) is 2. The predicted octanol–water partition coefficient (Wildman–Crippen LogP) is 3.15. The van der Waals surface area contributed by atoms with Gasteiger partial charge in [0.15, 0.2) is 0 Å². The zero-order chi connectivity index (χ0) is 20.0. The van der Waals surface area contributed by atoms with E-state index in [1.807, 2.05) is 13.8 Å². The predicted molar refractivity (Wildman–Crippen MR) is 106 cm³/mol. The molecule has 0 aliphatic rings. The molecule has 144 valence electrons. The molecule has 7 heteroatoms. The maximum atomic E-state index is 12.7. The van der Waals surface area contributed by atoms with Gasteiger partial charge in [-0.15, -0.1) is 0 Å². The number of aromatic nitrogens is 1. The van der Waals surface area contributed by atoms with Crippen molar-refractivity contribution in [2.24, 2.45) is 0 Å². The van der Waals surface area contributed by atoms with Crippen LogP contribution in [-0.4, -0.2) is 22.9 Å². The van der Waals surface area contributed by atoms with Crippen molar-refractivity contribution in [3.63, 3.8) is 0 Å². The first-order valence-corrected chi connectivity index (χ1v) is 9.31. The molecule has 2 N–H and O–H groups in total. The van der Waals surface area contributed by atoms with E-state index >= 15 is 0 Å². The fourth-order valence-corrected chi connectivity index (χ4v) is 2.65. The Kier molecular flexibility index (Phi) is 7.19. The minimum atomic E-state index is -0.575. The Bertz CT molecular complexity index is 875. The topological polar surface area (TPSA) is 80.2 Å². The summed E-state index contributed by atoms with van der Waals surface area (Å²) in [6, 6.07) is 7.10. The summed E-state index contributed by atoms with van der Waals surface area (Å²) in [6.07, 6.45) is 3.82. The number of rotatable bonds is 7. The van der Waals surface area contributed by atoms with Crippen molar-refractivity contribution in [1.29, 1.82) is 0 Å². The van der Waals surface area contributed by atoms with Gasteiger partial charge in [0.2, 0.25) is 5.43 Å².